The fourth-order valence-corrected chi connectivity index (χ4v) is 2.08. The van der Waals surface area contributed by atoms with Gasteiger partial charge in [0.15, 0.2) is 0 Å². The average molecular weight is 228 g/mol. The van der Waals surface area contributed by atoms with Gasteiger partial charge in [-0.1, -0.05) is 0 Å². The molecule has 5 nitrogen and oxygen atoms in total. The molecule has 5 heteroatoms. The number of amides is 1. The summed E-state index contributed by atoms with van der Waals surface area (Å²) in [5, 5.41) is 9.19. The first-order chi connectivity index (χ1) is 7.23. The van der Waals surface area contributed by atoms with Crippen molar-refractivity contribution in [2.45, 2.75) is 39.3 Å². The molecule has 0 aromatic heterocycles. The third kappa shape index (κ3) is 2.72. The van der Waals surface area contributed by atoms with E-state index in [1.165, 1.54) is 6.92 Å². The van der Waals surface area contributed by atoms with Crippen LogP contribution in [0.4, 0.5) is 0 Å². The van der Waals surface area contributed by atoms with Crippen molar-refractivity contribution in [2.24, 2.45) is 0 Å². The van der Waals surface area contributed by atoms with Gasteiger partial charge < -0.3 is 10.0 Å². The predicted octanol–water partition coefficient (Wildman–Crippen LogP) is 0.402. The second-order valence-electron chi connectivity index (χ2n) is 5.18. The van der Waals surface area contributed by atoms with Crippen LogP contribution in [0.1, 0.15) is 27.7 Å². The van der Waals surface area contributed by atoms with Crippen LogP contribution in [0.3, 0.4) is 0 Å². The molecule has 1 rings (SSSR count). The van der Waals surface area contributed by atoms with E-state index < -0.39 is 12.0 Å². The maximum absolute atomic E-state index is 11.2. The van der Waals surface area contributed by atoms with E-state index in [0.717, 1.165) is 0 Å². The molecule has 92 valence electrons. The Kier molecular flexibility index (Phi) is 3.57. The van der Waals surface area contributed by atoms with Gasteiger partial charge in [0.05, 0.1) is 0 Å². The molecule has 0 aliphatic carbocycles. The molecule has 1 unspecified atom stereocenters. The first-order valence-electron chi connectivity index (χ1n) is 5.48. The summed E-state index contributed by atoms with van der Waals surface area (Å²) >= 11 is 0. The number of hydrogen-bond acceptors (Lipinski definition) is 3. The largest absolute Gasteiger partial charge is 0.480 e. The average Bonchev–Trinajstić information content (AvgIpc) is 2.15. The Bertz CT molecular complexity index is 296. The van der Waals surface area contributed by atoms with Gasteiger partial charge in [0.1, 0.15) is 6.04 Å². The highest BCUT2D eigenvalue weighted by Crippen LogP contribution is 2.21. The molecule has 1 amide bonds. The summed E-state index contributed by atoms with van der Waals surface area (Å²) in [5.41, 5.74) is -0.189. The summed E-state index contributed by atoms with van der Waals surface area (Å²) in [6.07, 6.45) is 0. The van der Waals surface area contributed by atoms with Gasteiger partial charge in [0.2, 0.25) is 5.91 Å². The number of nitrogens with zero attached hydrogens (tertiary/aromatic N) is 2. The lowest BCUT2D eigenvalue weighted by Crippen LogP contribution is -2.62. The normalized spacial score (nSPS) is 23.2. The van der Waals surface area contributed by atoms with Crippen molar-refractivity contribution in [3.8, 4) is 0 Å². The smallest absolute Gasteiger partial charge is 0.322 e. The van der Waals surface area contributed by atoms with E-state index in [1.807, 2.05) is 25.7 Å². The van der Waals surface area contributed by atoms with Crippen LogP contribution in [-0.4, -0.2) is 58.0 Å². The Balaban J connectivity index is 2.84. The Morgan fingerprint density at radius 2 is 1.81 bits per heavy atom. The number of piperazine rings is 1. The number of carbonyl (C=O) groups excluding carboxylic acids is 1. The number of carboxylic acids is 1. The van der Waals surface area contributed by atoms with Gasteiger partial charge in [-0.05, 0) is 20.8 Å². The second-order valence-corrected chi connectivity index (χ2v) is 5.18. The van der Waals surface area contributed by atoms with Crippen molar-refractivity contribution in [3.05, 3.63) is 0 Å². The molecule has 1 aliphatic rings. The summed E-state index contributed by atoms with van der Waals surface area (Å²) in [4.78, 5) is 26.0. The Morgan fingerprint density at radius 1 is 1.25 bits per heavy atom. The second kappa shape index (κ2) is 4.41. The molecule has 1 heterocycles. The van der Waals surface area contributed by atoms with Crippen LogP contribution in [0, 0.1) is 0 Å². The molecule has 0 aromatic rings. The standard InChI is InChI=1S/C11H20N2O3/c1-8(14)12-5-6-13(11(2,3)4)9(7-12)10(15)16/h9H,5-7H2,1-4H3,(H,15,16). The number of aliphatic carboxylic acids is 1. The van der Waals surface area contributed by atoms with E-state index in [4.69, 9.17) is 0 Å². The SMILES string of the molecule is CC(=O)N1CCN(C(C)(C)C)C(C(=O)O)C1. The molecule has 1 aliphatic heterocycles. The Morgan fingerprint density at radius 3 is 2.19 bits per heavy atom. The third-order valence-corrected chi connectivity index (χ3v) is 2.97. The topological polar surface area (TPSA) is 60.9 Å². The monoisotopic (exact) mass is 228 g/mol. The fraction of sp³-hybridized carbons (Fsp3) is 0.818. The molecule has 1 saturated heterocycles. The van der Waals surface area contributed by atoms with Crippen LogP contribution < -0.4 is 0 Å². The van der Waals surface area contributed by atoms with Gasteiger partial charge in [-0.15, -0.1) is 0 Å². The molecule has 0 aromatic carbocycles. The lowest BCUT2D eigenvalue weighted by molar-refractivity contribution is -0.151. The van der Waals surface area contributed by atoms with Gasteiger partial charge in [0, 0.05) is 32.1 Å². The first-order valence-corrected chi connectivity index (χ1v) is 5.48. The fourth-order valence-electron chi connectivity index (χ4n) is 2.08. The maximum atomic E-state index is 11.2. The van der Waals surface area contributed by atoms with Crippen molar-refractivity contribution in [3.63, 3.8) is 0 Å². The predicted molar refractivity (Wildman–Crippen MR) is 60.1 cm³/mol. The zero-order valence-corrected chi connectivity index (χ0v) is 10.4. The van der Waals surface area contributed by atoms with Gasteiger partial charge in [0.25, 0.3) is 0 Å². The van der Waals surface area contributed by atoms with E-state index in [-0.39, 0.29) is 18.0 Å². The minimum Gasteiger partial charge on any atom is -0.480 e. The zero-order valence-electron chi connectivity index (χ0n) is 10.4. The molecular formula is C11H20N2O3. The van der Waals surface area contributed by atoms with Crippen LogP contribution in [0.15, 0.2) is 0 Å². The highest BCUT2D eigenvalue weighted by molar-refractivity contribution is 5.77. The Hall–Kier alpha value is -1.10. The molecule has 0 saturated carbocycles. The molecular weight excluding hydrogens is 208 g/mol. The van der Waals surface area contributed by atoms with Crippen molar-refractivity contribution in [1.29, 1.82) is 0 Å². The summed E-state index contributed by atoms with van der Waals surface area (Å²) < 4.78 is 0. The minimum atomic E-state index is -0.860. The van der Waals surface area contributed by atoms with Gasteiger partial charge >= 0.3 is 5.97 Å². The molecule has 0 radical (unpaired) electrons. The van der Waals surface area contributed by atoms with Crippen molar-refractivity contribution < 1.29 is 14.7 Å². The van der Waals surface area contributed by atoms with Gasteiger partial charge in [-0.3, -0.25) is 14.5 Å². The lowest BCUT2D eigenvalue weighted by atomic mass is 10.00. The number of rotatable bonds is 1. The molecule has 1 fully saturated rings. The van der Waals surface area contributed by atoms with Crippen LogP contribution >= 0.6 is 0 Å². The van der Waals surface area contributed by atoms with Crippen LogP contribution in [0.25, 0.3) is 0 Å². The van der Waals surface area contributed by atoms with Crippen molar-refractivity contribution in [2.75, 3.05) is 19.6 Å². The van der Waals surface area contributed by atoms with E-state index in [0.29, 0.717) is 13.1 Å². The lowest BCUT2D eigenvalue weighted by Gasteiger charge is -2.45. The first kappa shape index (κ1) is 13.0. The summed E-state index contributed by atoms with van der Waals surface area (Å²) in [5.74, 6) is -0.916. The van der Waals surface area contributed by atoms with Crippen molar-refractivity contribution in [1.82, 2.24) is 9.80 Å². The molecule has 16 heavy (non-hydrogen) atoms. The molecule has 0 spiro atoms. The van der Waals surface area contributed by atoms with E-state index in [2.05, 4.69) is 0 Å². The zero-order chi connectivity index (χ0) is 12.5. The van der Waals surface area contributed by atoms with Crippen molar-refractivity contribution >= 4 is 11.9 Å². The van der Waals surface area contributed by atoms with E-state index in [9.17, 15) is 14.7 Å². The molecule has 1 atom stereocenters. The van der Waals surface area contributed by atoms with Gasteiger partial charge in [-0.2, -0.15) is 0 Å². The van der Waals surface area contributed by atoms with Crippen LogP contribution in [0.5, 0.6) is 0 Å². The highest BCUT2D eigenvalue weighted by atomic mass is 16.4. The number of hydrogen-bond donors (Lipinski definition) is 1. The van der Waals surface area contributed by atoms with Crippen LogP contribution in [-0.2, 0) is 9.59 Å². The molecule has 0 bridgehead atoms. The van der Waals surface area contributed by atoms with Gasteiger partial charge in [-0.25, -0.2) is 0 Å². The summed E-state index contributed by atoms with van der Waals surface area (Å²) in [6, 6.07) is -0.599. The maximum Gasteiger partial charge on any atom is 0.322 e. The minimum absolute atomic E-state index is 0.0557. The molecule has 1 N–H and O–H groups in total. The number of carboxylic acid groups (broad SMARTS) is 1. The quantitative estimate of drug-likeness (QED) is 0.706. The third-order valence-electron chi connectivity index (χ3n) is 2.97. The number of carbonyl (C=O) groups is 2. The van der Waals surface area contributed by atoms with E-state index in [1.54, 1.807) is 4.90 Å². The van der Waals surface area contributed by atoms with E-state index >= 15 is 0 Å². The summed E-state index contributed by atoms with van der Waals surface area (Å²) in [7, 11) is 0. The Labute approximate surface area is 96.0 Å². The van der Waals surface area contributed by atoms with Crippen LogP contribution in [0.2, 0.25) is 0 Å². The summed E-state index contributed by atoms with van der Waals surface area (Å²) in [6.45, 7) is 8.95. The highest BCUT2D eigenvalue weighted by Gasteiger charge is 2.38.